The minimum Gasteiger partial charge on any atom is -0.379 e. The topological polar surface area (TPSA) is 113 Å². The lowest BCUT2D eigenvalue weighted by atomic mass is 10.1. The lowest BCUT2D eigenvalue weighted by molar-refractivity contribution is -0.120. The molecule has 9 nitrogen and oxygen atoms in total. The third kappa shape index (κ3) is 6.01. The van der Waals surface area contributed by atoms with E-state index in [1.807, 2.05) is 0 Å². The van der Waals surface area contributed by atoms with E-state index < -0.39 is 20.0 Å². The largest absolute Gasteiger partial charge is 0.379 e. The fraction of sp³-hybridized carbons (Fsp3) is 0.632. The van der Waals surface area contributed by atoms with Gasteiger partial charge in [0.25, 0.3) is 0 Å². The average Bonchev–Trinajstić information content (AvgIpc) is 3.29. The molecule has 0 spiro atoms. The van der Waals surface area contributed by atoms with E-state index in [2.05, 4.69) is 5.32 Å². The number of sulfonamides is 2. The molecule has 2 saturated heterocycles. The van der Waals surface area contributed by atoms with Crippen molar-refractivity contribution in [3.05, 3.63) is 29.8 Å². The fourth-order valence-electron chi connectivity index (χ4n) is 3.53. The second-order valence-electron chi connectivity index (χ2n) is 7.43. The van der Waals surface area contributed by atoms with Gasteiger partial charge < -0.3 is 10.1 Å². The summed E-state index contributed by atoms with van der Waals surface area (Å²) in [4.78, 5) is 12.3. The molecule has 2 aliphatic heterocycles. The van der Waals surface area contributed by atoms with E-state index in [1.165, 1.54) is 8.61 Å². The van der Waals surface area contributed by atoms with Crippen LogP contribution in [0.25, 0.3) is 0 Å². The van der Waals surface area contributed by atoms with Crippen LogP contribution in [-0.2, 0) is 36.0 Å². The molecule has 11 heteroatoms. The number of ether oxygens (including phenoxy) is 1. The standard InChI is InChI=1S/C19H29N3O6S2/c23-19(20-9-16-29(24,25)21-12-14-28-15-13-21)8-5-17-3-6-18(7-4-17)30(26,27)22-10-1-2-11-22/h3-4,6-7H,1-2,5,8-16H2,(H,20,23). The Kier molecular flexibility index (Phi) is 7.86. The molecule has 1 aromatic rings. The molecule has 2 heterocycles. The maximum Gasteiger partial charge on any atom is 0.243 e. The molecule has 0 bridgehead atoms. The van der Waals surface area contributed by atoms with Crippen molar-refractivity contribution in [2.45, 2.75) is 30.6 Å². The van der Waals surface area contributed by atoms with Crippen molar-refractivity contribution >= 4 is 26.0 Å². The maximum absolute atomic E-state index is 12.5. The number of rotatable bonds is 9. The zero-order valence-electron chi connectivity index (χ0n) is 17.0. The molecule has 30 heavy (non-hydrogen) atoms. The van der Waals surface area contributed by atoms with Gasteiger partial charge in [0, 0.05) is 39.1 Å². The Balaban J connectivity index is 1.42. The van der Waals surface area contributed by atoms with Crippen LogP contribution in [0.2, 0.25) is 0 Å². The third-order valence-electron chi connectivity index (χ3n) is 5.31. The van der Waals surface area contributed by atoms with E-state index in [0.29, 0.717) is 45.8 Å². The zero-order chi connectivity index (χ0) is 21.6. The van der Waals surface area contributed by atoms with E-state index in [4.69, 9.17) is 4.74 Å². The highest BCUT2D eigenvalue weighted by Gasteiger charge is 2.27. The molecule has 0 aromatic heterocycles. The van der Waals surface area contributed by atoms with Crippen LogP contribution in [0.1, 0.15) is 24.8 Å². The SMILES string of the molecule is O=C(CCc1ccc(S(=O)(=O)N2CCCC2)cc1)NCCS(=O)(=O)N1CCOCC1. The summed E-state index contributed by atoms with van der Waals surface area (Å²) in [5, 5.41) is 2.64. The van der Waals surface area contributed by atoms with Gasteiger partial charge in [0.1, 0.15) is 0 Å². The summed E-state index contributed by atoms with van der Waals surface area (Å²) < 4.78 is 57.5. The van der Waals surface area contributed by atoms with Crippen molar-refractivity contribution in [1.82, 2.24) is 13.9 Å². The third-order valence-corrected chi connectivity index (χ3v) is 9.10. The van der Waals surface area contributed by atoms with Gasteiger partial charge in [0.15, 0.2) is 0 Å². The van der Waals surface area contributed by atoms with Crippen LogP contribution in [0.3, 0.4) is 0 Å². The Labute approximate surface area is 178 Å². The zero-order valence-corrected chi connectivity index (χ0v) is 18.6. The molecule has 0 radical (unpaired) electrons. The van der Waals surface area contributed by atoms with Gasteiger partial charge in [0.05, 0.1) is 23.9 Å². The number of nitrogens with one attached hydrogen (secondary N) is 1. The highest BCUT2D eigenvalue weighted by Crippen LogP contribution is 2.21. The summed E-state index contributed by atoms with van der Waals surface area (Å²) in [6.07, 6.45) is 2.43. The molecule has 0 aliphatic carbocycles. The van der Waals surface area contributed by atoms with Crippen LogP contribution in [0.5, 0.6) is 0 Å². The number of aryl methyl sites for hydroxylation is 1. The molecule has 1 N–H and O–H groups in total. The molecule has 3 rings (SSSR count). The molecule has 168 valence electrons. The van der Waals surface area contributed by atoms with Gasteiger partial charge in [0.2, 0.25) is 26.0 Å². The number of carbonyl (C=O) groups excluding carboxylic acids is 1. The first-order valence-corrected chi connectivity index (χ1v) is 13.3. The first-order chi connectivity index (χ1) is 14.3. The number of hydrogen-bond acceptors (Lipinski definition) is 6. The minimum absolute atomic E-state index is 0.0611. The van der Waals surface area contributed by atoms with Gasteiger partial charge in [-0.1, -0.05) is 12.1 Å². The van der Waals surface area contributed by atoms with Gasteiger partial charge >= 0.3 is 0 Å². The van der Waals surface area contributed by atoms with Crippen molar-refractivity contribution in [1.29, 1.82) is 0 Å². The number of carbonyl (C=O) groups is 1. The highest BCUT2D eigenvalue weighted by molar-refractivity contribution is 7.89. The van der Waals surface area contributed by atoms with Crippen LogP contribution in [0, 0.1) is 0 Å². The first kappa shape index (κ1) is 23.1. The Bertz CT molecular complexity index is 920. The van der Waals surface area contributed by atoms with Crippen LogP contribution in [0.15, 0.2) is 29.2 Å². The van der Waals surface area contributed by atoms with Crippen molar-refractivity contribution in [2.75, 3.05) is 51.7 Å². The van der Waals surface area contributed by atoms with Crippen molar-refractivity contribution < 1.29 is 26.4 Å². The highest BCUT2D eigenvalue weighted by atomic mass is 32.2. The Morgan fingerprint density at radius 3 is 2.20 bits per heavy atom. The van der Waals surface area contributed by atoms with Gasteiger partial charge in [-0.15, -0.1) is 0 Å². The molecular formula is C19H29N3O6S2. The van der Waals surface area contributed by atoms with Crippen molar-refractivity contribution in [2.24, 2.45) is 0 Å². The molecule has 1 aromatic carbocycles. The molecule has 0 atom stereocenters. The Morgan fingerprint density at radius 1 is 0.933 bits per heavy atom. The van der Waals surface area contributed by atoms with Gasteiger partial charge in [-0.2, -0.15) is 8.61 Å². The molecule has 0 unspecified atom stereocenters. The molecule has 2 fully saturated rings. The van der Waals surface area contributed by atoms with Crippen LogP contribution in [-0.4, -0.2) is 83.0 Å². The minimum atomic E-state index is -3.44. The molecular weight excluding hydrogens is 430 g/mol. The number of morpholine rings is 1. The molecule has 2 aliphatic rings. The number of hydrogen-bond donors (Lipinski definition) is 1. The van der Waals surface area contributed by atoms with Gasteiger partial charge in [-0.25, -0.2) is 16.8 Å². The summed E-state index contributed by atoms with van der Waals surface area (Å²) in [6.45, 7) is 2.66. The van der Waals surface area contributed by atoms with E-state index >= 15 is 0 Å². The van der Waals surface area contributed by atoms with E-state index in [1.54, 1.807) is 24.3 Å². The fourth-order valence-corrected chi connectivity index (χ4v) is 6.37. The van der Waals surface area contributed by atoms with E-state index in [0.717, 1.165) is 18.4 Å². The second kappa shape index (κ2) is 10.2. The smallest absolute Gasteiger partial charge is 0.243 e. The van der Waals surface area contributed by atoms with Crippen LogP contribution >= 0.6 is 0 Å². The first-order valence-electron chi connectivity index (χ1n) is 10.2. The summed E-state index contributed by atoms with van der Waals surface area (Å²) in [6, 6.07) is 6.60. The lowest BCUT2D eigenvalue weighted by Crippen LogP contribution is -2.43. The van der Waals surface area contributed by atoms with Gasteiger partial charge in [-0.05, 0) is 37.0 Å². The number of benzene rings is 1. The van der Waals surface area contributed by atoms with Crippen molar-refractivity contribution in [3.8, 4) is 0 Å². The summed E-state index contributed by atoms with van der Waals surface area (Å²) in [5.41, 5.74) is 0.853. The lowest BCUT2D eigenvalue weighted by Gasteiger charge is -2.26. The monoisotopic (exact) mass is 459 g/mol. The number of amides is 1. The second-order valence-corrected chi connectivity index (χ2v) is 11.5. The number of nitrogens with zero attached hydrogens (tertiary/aromatic N) is 2. The predicted molar refractivity (Wildman–Crippen MR) is 112 cm³/mol. The summed E-state index contributed by atoms with van der Waals surface area (Å²) >= 11 is 0. The quantitative estimate of drug-likeness (QED) is 0.564. The van der Waals surface area contributed by atoms with Crippen LogP contribution in [0.4, 0.5) is 0 Å². The van der Waals surface area contributed by atoms with Gasteiger partial charge in [-0.3, -0.25) is 4.79 Å². The molecule has 0 saturated carbocycles. The summed E-state index contributed by atoms with van der Waals surface area (Å²) in [7, 11) is -6.83. The Morgan fingerprint density at radius 2 is 1.57 bits per heavy atom. The average molecular weight is 460 g/mol. The van der Waals surface area contributed by atoms with E-state index in [9.17, 15) is 21.6 Å². The maximum atomic E-state index is 12.5. The van der Waals surface area contributed by atoms with E-state index in [-0.39, 0.29) is 29.5 Å². The van der Waals surface area contributed by atoms with Crippen LogP contribution < -0.4 is 5.32 Å². The Hall–Kier alpha value is -1.53. The summed E-state index contributed by atoms with van der Waals surface area (Å²) in [5.74, 6) is -0.372. The predicted octanol–water partition coefficient (Wildman–Crippen LogP) is 0.182. The molecule has 1 amide bonds. The van der Waals surface area contributed by atoms with Crippen molar-refractivity contribution in [3.63, 3.8) is 0 Å². The normalized spacial score (nSPS) is 19.1.